The molecule has 0 saturated heterocycles. The standard InChI is InChI=1S/C14H20N2O/c1-10-4-2-3-5-13(10)16-14(17)11-6-8-12(15)9-7-11/h6-10,13H,2-5,15H2,1H3,(H,16,17)/t10-,13+/m0/s1. The number of nitrogens with one attached hydrogen (secondary N) is 1. The average Bonchev–Trinajstić information content (AvgIpc) is 2.33. The highest BCUT2D eigenvalue weighted by atomic mass is 16.1. The van der Waals surface area contributed by atoms with E-state index in [9.17, 15) is 4.79 Å². The Bertz CT molecular complexity index is 386. The van der Waals surface area contributed by atoms with E-state index in [0.29, 0.717) is 23.2 Å². The number of hydrogen-bond donors (Lipinski definition) is 2. The van der Waals surface area contributed by atoms with Crippen molar-refractivity contribution in [3.63, 3.8) is 0 Å². The average molecular weight is 232 g/mol. The van der Waals surface area contributed by atoms with Gasteiger partial charge in [0, 0.05) is 17.3 Å². The molecular formula is C14H20N2O. The molecule has 0 bridgehead atoms. The van der Waals surface area contributed by atoms with Gasteiger partial charge in [-0.25, -0.2) is 0 Å². The number of nitrogen functional groups attached to an aromatic ring is 1. The van der Waals surface area contributed by atoms with Gasteiger partial charge in [-0.05, 0) is 43.0 Å². The zero-order valence-corrected chi connectivity index (χ0v) is 10.3. The number of benzene rings is 1. The van der Waals surface area contributed by atoms with Crippen molar-refractivity contribution in [1.82, 2.24) is 5.32 Å². The van der Waals surface area contributed by atoms with E-state index in [1.807, 2.05) is 0 Å². The topological polar surface area (TPSA) is 55.1 Å². The van der Waals surface area contributed by atoms with Crippen molar-refractivity contribution >= 4 is 11.6 Å². The molecule has 17 heavy (non-hydrogen) atoms. The minimum atomic E-state index is 0.0174. The van der Waals surface area contributed by atoms with Crippen LogP contribution in [0.2, 0.25) is 0 Å². The van der Waals surface area contributed by atoms with Crippen LogP contribution in [-0.2, 0) is 0 Å². The number of nitrogens with two attached hydrogens (primary N) is 1. The normalized spacial score (nSPS) is 24.3. The molecule has 0 aliphatic heterocycles. The summed E-state index contributed by atoms with van der Waals surface area (Å²) in [6, 6.07) is 7.41. The summed E-state index contributed by atoms with van der Waals surface area (Å²) in [6.07, 6.45) is 4.82. The third kappa shape index (κ3) is 2.99. The van der Waals surface area contributed by atoms with Crippen LogP contribution in [-0.4, -0.2) is 11.9 Å². The van der Waals surface area contributed by atoms with E-state index in [1.54, 1.807) is 24.3 Å². The van der Waals surface area contributed by atoms with Gasteiger partial charge in [-0.15, -0.1) is 0 Å². The first-order chi connectivity index (χ1) is 8.16. The molecule has 1 saturated carbocycles. The van der Waals surface area contributed by atoms with Crippen molar-refractivity contribution < 1.29 is 4.79 Å². The molecule has 0 radical (unpaired) electrons. The molecule has 3 nitrogen and oxygen atoms in total. The van der Waals surface area contributed by atoms with Gasteiger partial charge < -0.3 is 11.1 Å². The van der Waals surface area contributed by atoms with E-state index in [1.165, 1.54) is 19.3 Å². The van der Waals surface area contributed by atoms with E-state index in [2.05, 4.69) is 12.2 Å². The summed E-state index contributed by atoms with van der Waals surface area (Å²) in [7, 11) is 0. The third-order valence-corrected chi connectivity index (χ3v) is 3.60. The Labute approximate surface area is 102 Å². The molecule has 3 N–H and O–H groups in total. The van der Waals surface area contributed by atoms with E-state index in [0.717, 1.165) is 6.42 Å². The Morgan fingerprint density at radius 2 is 1.88 bits per heavy atom. The fraction of sp³-hybridized carbons (Fsp3) is 0.500. The second-order valence-corrected chi connectivity index (χ2v) is 4.96. The molecule has 0 aromatic heterocycles. The van der Waals surface area contributed by atoms with Gasteiger partial charge in [0.2, 0.25) is 0 Å². The first-order valence-electron chi connectivity index (χ1n) is 6.33. The number of carbonyl (C=O) groups is 1. The lowest BCUT2D eigenvalue weighted by Crippen LogP contribution is -2.41. The highest BCUT2D eigenvalue weighted by Crippen LogP contribution is 2.24. The minimum absolute atomic E-state index is 0.0174. The van der Waals surface area contributed by atoms with Crippen molar-refractivity contribution in [3.05, 3.63) is 29.8 Å². The molecule has 0 unspecified atom stereocenters. The van der Waals surface area contributed by atoms with Crippen LogP contribution in [0.3, 0.4) is 0 Å². The maximum Gasteiger partial charge on any atom is 0.251 e. The molecule has 2 atom stereocenters. The lowest BCUT2D eigenvalue weighted by Gasteiger charge is -2.29. The fourth-order valence-corrected chi connectivity index (χ4v) is 2.42. The van der Waals surface area contributed by atoms with Crippen LogP contribution in [0.5, 0.6) is 0 Å². The van der Waals surface area contributed by atoms with Gasteiger partial charge in [0.15, 0.2) is 0 Å². The van der Waals surface area contributed by atoms with E-state index < -0.39 is 0 Å². The molecule has 1 amide bonds. The van der Waals surface area contributed by atoms with Crippen molar-refractivity contribution in [2.24, 2.45) is 5.92 Å². The Morgan fingerprint density at radius 3 is 2.53 bits per heavy atom. The summed E-state index contributed by atoms with van der Waals surface area (Å²) in [5.41, 5.74) is 6.98. The molecule has 2 rings (SSSR count). The van der Waals surface area contributed by atoms with Crippen LogP contribution < -0.4 is 11.1 Å². The molecular weight excluding hydrogens is 212 g/mol. The van der Waals surface area contributed by atoms with Crippen LogP contribution in [0.4, 0.5) is 5.69 Å². The predicted octanol–water partition coefficient (Wildman–Crippen LogP) is 2.58. The molecule has 92 valence electrons. The van der Waals surface area contributed by atoms with Gasteiger partial charge in [0.05, 0.1) is 0 Å². The summed E-state index contributed by atoms with van der Waals surface area (Å²) in [4.78, 5) is 12.0. The SMILES string of the molecule is C[C@H]1CCCC[C@H]1NC(=O)c1ccc(N)cc1. The first kappa shape index (κ1) is 12.0. The Morgan fingerprint density at radius 1 is 1.24 bits per heavy atom. The Hall–Kier alpha value is -1.51. The number of carbonyl (C=O) groups excluding carboxylic acids is 1. The van der Waals surface area contributed by atoms with E-state index >= 15 is 0 Å². The van der Waals surface area contributed by atoms with Crippen LogP contribution in [0.25, 0.3) is 0 Å². The van der Waals surface area contributed by atoms with Crippen molar-refractivity contribution in [2.45, 2.75) is 38.6 Å². The van der Waals surface area contributed by atoms with Crippen molar-refractivity contribution in [3.8, 4) is 0 Å². The second-order valence-electron chi connectivity index (χ2n) is 4.96. The van der Waals surface area contributed by atoms with Crippen LogP contribution in [0, 0.1) is 5.92 Å². The summed E-state index contributed by atoms with van der Waals surface area (Å²) in [5, 5.41) is 3.12. The molecule has 1 fully saturated rings. The monoisotopic (exact) mass is 232 g/mol. The van der Waals surface area contributed by atoms with Gasteiger partial charge in [-0.3, -0.25) is 4.79 Å². The van der Waals surface area contributed by atoms with Gasteiger partial charge >= 0.3 is 0 Å². The van der Waals surface area contributed by atoms with Crippen LogP contribution in [0.15, 0.2) is 24.3 Å². The van der Waals surface area contributed by atoms with Crippen molar-refractivity contribution in [2.75, 3.05) is 5.73 Å². The highest BCUT2D eigenvalue weighted by molar-refractivity contribution is 5.94. The number of amides is 1. The summed E-state index contributed by atoms with van der Waals surface area (Å²) in [6.45, 7) is 2.22. The van der Waals surface area contributed by atoms with Crippen LogP contribution >= 0.6 is 0 Å². The number of rotatable bonds is 2. The molecule has 1 aliphatic rings. The largest absolute Gasteiger partial charge is 0.399 e. The summed E-state index contributed by atoms with van der Waals surface area (Å²) < 4.78 is 0. The van der Waals surface area contributed by atoms with E-state index in [4.69, 9.17) is 5.73 Å². The maximum atomic E-state index is 12.0. The summed E-state index contributed by atoms with van der Waals surface area (Å²) in [5.74, 6) is 0.602. The smallest absolute Gasteiger partial charge is 0.251 e. The zero-order valence-electron chi connectivity index (χ0n) is 10.3. The highest BCUT2D eigenvalue weighted by Gasteiger charge is 2.22. The molecule has 1 aliphatic carbocycles. The number of hydrogen-bond acceptors (Lipinski definition) is 2. The minimum Gasteiger partial charge on any atom is -0.399 e. The lowest BCUT2D eigenvalue weighted by atomic mass is 9.86. The molecule has 0 spiro atoms. The van der Waals surface area contributed by atoms with Gasteiger partial charge in [0.1, 0.15) is 0 Å². The lowest BCUT2D eigenvalue weighted by molar-refractivity contribution is 0.0910. The molecule has 0 heterocycles. The molecule has 3 heteroatoms. The molecule has 1 aromatic carbocycles. The summed E-state index contributed by atoms with van der Waals surface area (Å²) >= 11 is 0. The number of anilines is 1. The Balaban J connectivity index is 1.98. The Kier molecular flexibility index (Phi) is 3.67. The third-order valence-electron chi connectivity index (χ3n) is 3.60. The quantitative estimate of drug-likeness (QED) is 0.770. The maximum absolute atomic E-state index is 12.0. The fourth-order valence-electron chi connectivity index (χ4n) is 2.42. The van der Waals surface area contributed by atoms with Gasteiger partial charge in [-0.2, -0.15) is 0 Å². The van der Waals surface area contributed by atoms with Crippen LogP contribution in [0.1, 0.15) is 43.0 Å². The predicted molar refractivity (Wildman–Crippen MR) is 69.7 cm³/mol. The van der Waals surface area contributed by atoms with Gasteiger partial charge in [-0.1, -0.05) is 19.8 Å². The van der Waals surface area contributed by atoms with E-state index in [-0.39, 0.29) is 5.91 Å². The first-order valence-corrected chi connectivity index (χ1v) is 6.33. The zero-order chi connectivity index (χ0) is 12.3. The molecule has 1 aromatic rings. The van der Waals surface area contributed by atoms with Crippen molar-refractivity contribution in [1.29, 1.82) is 0 Å². The second kappa shape index (κ2) is 5.21. The van der Waals surface area contributed by atoms with Gasteiger partial charge in [0.25, 0.3) is 5.91 Å².